The molecule has 20 heavy (non-hydrogen) atoms. The number of nitrogens with zero attached hydrogens (tertiary/aromatic N) is 2. The zero-order chi connectivity index (χ0) is 15.4. The maximum Gasteiger partial charge on any atom is 0.347 e. The van der Waals surface area contributed by atoms with Gasteiger partial charge in [-0.25, -0.2) is 9.78 Å². The van der Waals surface area contributed by atoms with Crippen molar-refractivity contribution in [1.29, 1.82) is 0 Å². The predicted octanol–water partition coefficient (Wildman–Crippen LogP) is 4.08. The standard InChI is InChI=1S/C15H26N2O2S/c1-9(2)7-17(8-10(3)4)15-16-12(11(5)6)13(20-15)14(18)19/h9-11H,7-8H2,1-6H3,(H,18,19). The summed E-state index contributed by atoms with van der Waals surface area (Å²) in [6.45, 7) is 14.5. The van der Waals surface area contributed by atoms with E-state index in [1.807, 2.05) is 13.8 Å². The van der Waals surface area contributed by atoms with Crippen LogP contribution in [0.3, 0.4) is 0 Å². The van der Waals surface area contributed by atoms with Crippen LogP contribution in [0, 0.1) is 11.8 Å². The number of hydrogen-bond donors (Lipinski definition) is 1. The molecule has 1 rings (SSSR count). The largest absolute Gasteiger partial charge is 0.477 e. The van der Waals surface area contributed by atoms with E-state index in [-0.39, 0.29) is 5.92 Å². The molecule has 0 unspecified atom stereocenters. The molecule has 114 valence electrons. The average molecular weight is 298 g/mol. The van der Waals surface area contributed by atoms with Gasteiger partial charge in [0.25, 0.3) is 0 Å². The van der Waals surface area contributed by atoms with E-state index in [9.17, 15) is 9.90 Å². The number of thiazole rings is 1. The summed E-state index contributed by atoms with van der Waals surface area (Å²) in [6.07, 6.45) is 0. The molecule has 0 aromatic carbocycles. The second-order valence-corrected chi connectivity index (χ2v) is 7.34. The second kappa shape index (κ2) is 7.07. The third kappa shape index (κ3) is 4.47. The molecule has 0 aliphatic carbocycles. The van der Waals surface area contributed by atoms with Crippen molar-refractivity contribution in [3.63, 3.8) is 0 Å². The van der Waals surface area contributed by atoms with Crippen molar-refractivity contribution < 1.29 is 9.90 Å². The first-order valence-corrected chi connectivity index (χ1v) is 8.03. The molecule has 0 aliphatic heterocycles. The van der Waals surface area contributed by atoms with Crippen LogP contribution in [0.1, 0.15) is 62.8 Å². The van der Waals surface area contributed by atoms with Crippen LogP contribution in [0.2, 0.25) is 0 Å². The zero-order valence-electron chi connectivity index (χ0n) is 13.3. The number of rotatable bonds is 7. The van der Waals surface area contributed by atoms with E-state index in [1.54, 1.807) is 0 Å². The highest BCUT2D eigenvalue weighted by Gasteiger charge is 2.23. The summed E-state index contributed by atoms with van der Waals surface area (Å²) in [7, 11) is 0. The van der Waals surface area contributed by atoms with Crippen LogP contribution in [0.25, 0.3) is 0 Å². The third-order valence-electron chi connectivity index (χ3n) is 2.82. The fraction of sp³-hybridized carbons (Fsp3) is 0.733. The van der Waals surface area contributed by atoms with Crippen molar-refractivity contribution >= 4 is 22.4 Å². The smallest absolute Gasteiger partial charge is 0.347 e. The summed E-state index contributed by atoms with van der Waals surface area (Å²) in [5, 5.41) is 10.2. The Morgan fingerprint density at radius 2 is 1.65 bits per heavy atom. The molecule has 0 saturated carbocycles. The molecule has 1 aromatic heterocycles. The molecule has 0 bridgehead atoms. The minimum absolute atomic E-state index is 0.131. The van der Waals surface area contributed by atoms with Crippen LogP contribution < -0.4 is 4.90 Å². The van der Waals surface area contributed by atoms with E-state index in [1.165, 1.54) is 11.3 Å². The molecular weight excluding hydrogens is 272 g/mol. The Balaban J connectivity index is 3.13. The lowest BCUT2D eigenvalue weighted by Gasteiger charge is -2.25. The molecule has 0 atom stereocenters. The molecule has 0 saturated heterocycles. The van der Waals surface area contributed by atoms with Gasteiger partial charge in [-0.3, -0.25) is 0 Å². The van der Waals surface area contributed by atoms with Gasteiger partial charge in [0.05, 0.1) is 5.69 Å². The summed E-state index contributed by atoms with van der Waals surface area (Å²) in [5.74, 6) is 0.305. The summed E-state index contributed by atoms with van der Waals surface area (Å²) in [5.41, 5.74) is 0.704. The van der Waals surface area contributed by atoms with E-state index < -0.39 is 5.97 Å². The number of anilines is 1. The lowest BCUT2D eigenvalue weighted by atomic mass is 10.1. The van der Waals surface area contributed by atoms with Gasteiger partial charge >= 0.3 is 5.97 Å². The maximum absolute atomic E-state index is 11.4. The highest BCUT2D eigenvalue weighted by atomic mass is 32.1. The lowest BCUT2D eigenvalue weighted by molar-refractivity contribution is 0.0700. The van der Waals surface area contributed by atoms with Gasteiger partial charge in [0.15, 0.2) is 5.13 Å². The van der Waals surface area contributed by atoms with Crippen LogP contribution in [0.15, 0.2) is 0 Å². The SMILES string of the molecule is CC(C)CN(CC(C)C)c1nc(C(C)C)c(C(=O)O)s1. The Kier molecular flexibility index (Phi) is 5.99. The van der Waals surface area contributed by atoms with E-state index in [4.69, 9.17) is 0 Å². The molecule has 4 nitrogen and oxygen atoms in total. The van der Waals surface area contributed by atoms with Crippen LogP contribution in [-0.4, -0.2) is 29.1 Å². The number of aromatic nitrogens is 1. The molecule has 0 spiro atoms. The predicted molar refractivity (Wildman–Crippen MR) is 85.1 cm³/mol. The molecule has 0 radical (unpaired) electrons. The Labute approximate surface area is 125 Å². The zero-order valence-corrected chi connectivity index (χ0v) is 14.1. The fourth-order valence-electron chi connectivity index (χ4n) is 2.11. The van der Waals surface area contributed by atoms with Gasteiger partial charge in [-0.05, 0) is 17.8 Å². The van der Waals surface area contributed by atoms with Gasteiger partial charge < -0.3 is 10.0 Å². The first-order chi connectivity index (χ1) is 9.22. The summed E-state index contributed by atoms with van der Waals surface area (Å²) >= 11 is 1.30. The monoisotopic (exact) mass is 298 g/mol. The Bertz CT molecular complexity index is 443. The van der Waals surface area contributed by atoms with Crippen molar-refractivity contribution in [2.75, 3.05) is 18.0 Å². The normalized spacial score (nSPS) is 11.7. The van der Waals surface area contributed by atoms with Gasteiger partial charge in [0, 0.05) is 13.1 Å². The van der Waals surface area contributed by atoms with Gasteiger partial charge in [-0.1, -0.05) is 52.9 Å². The van der Waals surface area contributed by atoms with E-state index >= 15 is 0 Å². The number of carbonyl (C=O) groups is 1. The van der Waals surface area contributed by atoms with Crippen molar-refractivity contribution in [2.45, 2.75) is 47.5 Å². The van der Waals surface area contributed by atoms with Gasteiger partial charge in [-0.2, -0.15) is 0 Å². The van der Waals surface area contributed by atoms with Crippen molar-refractivity contribution in [3.8, 4) is 0 Å². The second-order valence-electron chi connectivity index (χ2n) is 6.36. The Morgan fingerprint density at radius 1 is 1.15 bits per heavy atom. The van der Waals surface area contributed by atoms with Gasteiger partial charge in [0.2, 0.25) is 0 Å². The molecular formula is C15H26N2O2S. The minimum atomic E-state index is -0.869. The molecule has 1 aromatic rings. The van der Waals surface area contributed by atoms with Crippen LogP contribution in [-0.2, 0) is 0 Å². The van der Waals surface area contributed by atoms with Crippen molar-refractivity contribution in [1.82, 2.24) is 4.98 Å². The highest BCUT2D eigenvalue weighted by molar-refractivity contribution is 7.17. The number of aromatic carboxylic acids is 1. The molecule has 0 amide bonds. The van der Waals surface area contributed by atoms with Crippen LogP contribution >= 0.6 is 11.3 Å². The Morgan fingerprint density at radius 3 is 1.95 bits per heavy atom. The third-order valence-corrected chi connectivity index (χ3v) is 3.94. The Hall–Kier alpha value is -1.10. The number of carboxylic acid groups (broad SMARTS) is 1. The average Bonchev–Trinajstić information content (AvgIpc) is 2.71. The summed E-state index contributed by atoms with van der Waals surface area (Å²) < 4.78 is 0. The summed E-state index contributed by atoms with van der Waals surface area (Å²) in [6, 6.07) is 0. The molecule has 0 aliphatic rings. The van der Waals surface area contributed by atoms with Crippen LogP contribution in [0.4, 0.5) is 5.13 Å². The summed E-state index contributed by atoms with van der Waals surface area (Å²) in [4.78, 5) is 18.6. The molecule has 1 heterocycles. The van der Waals surface area contributed by atoms with E-state index in [2.05, 4.69) is 37.6 Å². The first kappa shape index (κ1) is 17.0. The minimum Gasteiger partial charge on any atom is -0.477 e. The quantitative estimate of drug-likeness (QED) is 0.824. The first-order valence-electron chi connectivity index (χ1n) is 7.21. The van der Waals surface area contributed by atoms with Gasteiger partial charge in [0.1, 0.15) is 4.88 Å². The molecule has 0 fully saturated rings. The van der Waals surface area contributed by atoms with Crippen molar-refractivity contribution in [3.05, 3.63) is 10.6 Å². The number of hydrogen-bond acceptors (Lipinski definition) is 4. The van der Waals surface area contributed by atoms with E-state index in [0.29, 0.717) is 22.4 Å². The number of carboxylic acids is 1. The highest BCUT2D eigenvalue weighted by Crippen LogP contribution is 2.31. The topological polar surface area (TPSA) is 53.4 Å². The molecule has 5 heteroatoms. The van der Waals surface area contributed by atoms with Gasteiger partial charge in [-0.15, -0.1) is 0 Å². The lowest BCUT2D eigenvalue weighted by Crippen LogP contribution is -2.31. The maximum atomic E-state index is 11.4. The molecule has 1 N–H and O–H groups in total. The van der Waals surface area contributed by atoms with E-state index in [0.717, 1.165) is 18.2 Å². The van der Waals surface area contributed by atoms with Crippen molar-refractivity contribution in [2.24, 2.45) is 11.8 Å². The fourth-order valence-corrected chi connectivity index (χ4v) is 3.19. The van der Waals surface area contributed by atoms with Crippen LogP contribution in [0.5, 0.6) is 0 Å².